The zero-order valence-corrected chi connectivity index (χ0v) is 17.1. The summed E-state index contributed by atoms with van der Waals surface area (Å²) in [4.78, 5) is 19.1. The number of nitrogens with zero attached hydrogens (tertiary/aromatic N) is 8. The van der Waals surface area contributed by atoms with Gasteiger partial charge in [0.05, 0.1) is 12.2 Å². The van der Waals surface area contributed by atoms with Crippen LogP contribution in [0.25, 0.3) is 23.0 Å². The molecule has 0 unspecified atom stereocenters. The van der Waals surface area contributed by atoms with E-state index in [1.54, 1.807) is 16.9 Å². The van der Waals surface area contributed by atoms with Crippen LogP contribution in [-0.4, -0.2) is 58.8 Å². The third-order valence-electron chi connectivity index (χ3n) is 5.55. The highest BCUT2D eigenvalue weighted by molar-refractivity contribution is 5.92. The first-order valence-electron chi connectivity index (χ1n) is 10.4. The minimum atomic E-state index is 0.0244. The van der Waals surface area contributed by atoms with Gasteiger partial charge in [0.1, 0.15) is 5.69 Å². The van der Waals surface area contributed by atoms with Crippen molar-refractivity contribution in [2.75, 3.05) is 13.1 Å². The first-order valence-corrected chi connectivity index (χ1v) is 10.4. The Morgan fingerprint density at radius 2 is 1.97 bits per heavy atom. The van der Waals surface area contributed by atoms with Crippen LogP contribution >= 0.6 is 0 Å². The fourth-order valence-electron chi connectivity index (χ4n) is 3.85. The molecule has 10 nitrogen and oxygen atoms in total. The van der Waals surface area contributed by atoms with Gasteiger partial charge in [-0.3, -0.25) is 9.48 Å². The zero-order valence-electron chi connectivity index (χ0n) is 17.1. The van der Waals surface area contributed by atoms with Crippen molar-refractivity contribution in [1.82, 2.24) is 39.8 Å². The maximum absolute atomic E-state index is 12.8. The molecule has 0 atom stereocenters. The van der Waals surface area contributed by atoms with Crippen molar-refractivity contribution in [3.8, 4) is 23.0 Å². The van der Waals surface area contributed by atoms with E-state index in [1.165, 1.54) is 0 Å². The van der Waals surface area contributed by atoms with E-state index in [9.17, 15) is 4.79 Å². The Morgan fingerprint density at radius 1 is 1.16 bits per heavy atom. The molecule has 158 valence electrons. The van der Waals surface area contributed by atoms with Gasteiger partial charge in [-0.15, -0.1) is 5.10 Å². The van der Waals surface area contributed by atoms with Crippen LogP contribution in [0.3, 0.4) is 0 Å². The quantitative estimate of drug-likeness (QED) is 0.490. The van der Waals surface area contributed by atoms with E-state index >= 15 is 0 Å². The fraction of sp³-hybridized carbons (Fsp3) is 0.333. The highest BCUT2D eigenvalue weighted by atomic mass is 16.5. The summed E-state index contributed by atoms with van der Waals surface area (Å²) in [6.07, 6.45) is 5.10. The number of aromatic nitrogens is 7. The second kappa shape index (κ2) is 8.13. The lowest BCUT2D eigenvalue weighted by Crippen LogP contribution is -2.40. The molecule has 0 aliphatic carbocycles. The lowest BCUT2D eigenvalue weighted by molar-refractivity contribution is 0.0676. The van der Waals surface area contributed by atoms with Gasteiger partial charge in [0.25, 0.3) is 11.8 Å². The first-order chi connectivity index (χ1) is 15.2. The summed E-state index contributed by atoms with van der Waals surface area (Å²) in [6.45, 7) is 3.97. The summed E-state index contributed by atoms with van der Waals surface area (Å²) >= 11 is 0. The Bertz CT molecular complexity index is 1170. The number of aryl methyl sites for hydroxylation is 1. The molecule has 1 aliphatic heterocycles. The summed E-state index contributed by atoms with van der Waals surface area (Å²) in [5.41, 5.74) is 2.06. The van der Waals surface area contributed by atoms with Gasteiger partial charge in [-0.25, -0.2) is 4.68 Å². The fourth-order valence-corrected chi connectivity index (χ4v) is 3.85. The number of piperidine rings is 1. The Labute approximate surface area is 178 Å². The van der Waals surface area contributed by atoms with E-state index in [4.69, 9.17) is 4.52 Å². The predicted molar refractivity (Wildman–Crippen MR) is 111 cm³/mol. The maximum Gasteiger partial charge on any atom is 0.280 e. The molecule has 1 fully saturated rings. The molecule has 4 heterocycles. The number of likely N-dealkylation sites (tertiary alicyclic amines) is 1. The normalized spacial score (nSPS) is 14.8. The van der Waals surface area contributed by atoms with E-state index in [2.05, 4.69) is 25.6 Å². The number of rotatable bonds is 5. The Kier molecular flexibility index (Phi) is 5.03. The van der Waals surface area contributed by atoms with Crippen molar-refractivity contribution in [3.05, 3.63) is 54.5 Å². The average molecular weight is 418 g/mol. The van der Waals surface area contributed by atoms with Crippen LogP contribution < -0.4 is 0 Å². The molecule has 5 rings (SSSR count). The molecule has 0 saturated carbocycles. The van der Waals surface area contributed by atoms with Crippen molar-refractivity contribution in [2.45, 2.75) is 32.4 Å². The van der Waals surface area contributed by atoms with E-state index in [0.29, 0.717) is 42.7 Å². The Balaban J connectivity index is 1.24. The number of carbonyl (C=O) groups is 1. The number of benzene rings is 1. The van der Waals surface area contributed by atoms with Gasteiger partial charge in [0.2, 0.25) is 5.82 Å². The van der Waals surface area contributed by atoms with Gasteiger partial charge >= 0.3 is 0 Å². The molecule has 1 aliphatic rings. The smallest absolute Gasteiger partial charge is 0.280 e. The maximum atomic E-state index is 12.8. The van der Waals surface area contributed by atoms with Gasteiger partial charge in [-0.1, -0.05) is 40.7 Å². The Morgan fingerprint density at radius 3 is 2.74 bits per heavy atom. The molecule has 1 aromatic carbocycles. The number of carbonyl (C=O) groups excluding carboxylic acids is 1. The van der Waals surface area contributed by atoms with E-state index in [1.807, 2.05) is 53.0 Å². The average Bonchev–Trinajstić information content (AvgIpc) is 3.59. The van der Waals surface area contributed by atoms with Crippen molar-refractivity contribution in [1.29, 1.82) is 0 Å². The first kappa shape index (κ1) is 19.2. The summed E-state index contributed by atoms with van der Waals surface area (Å²) in [5.74, 6) is 0.880. The molecule has 1 saturated heterocycles. The van der Waals surface area contributed by atoms with Crippen molar-refractivity contribution < 1.29 is 9.32 Å². The van der Waals surface area contributed by atoms with Crippen LogP contribution in [-0.2, 0) is 6.54 Å². The van der Waals surface area contributed by atoms with Gasteiger partial charge in [-0.05, 0) is 25.8 Å². The largest absolute Gasteiger partial charge is 0.337 e. The number of hydrogen-bond acceptors (Lipinski definition) is 7. The molecular weight excluding hydrogens is 396 g/mol. The van der Waals surface area contributed by atoms with Crippen molar-refractivity contribution in [2.24, 2.45) is 0 Å². The van der Waals surface area contributed by atoms with E-state index < -0.39 is 0 Å². The molecule has 1 amide bonds. The van der Waals surface area contributed by atoms with Crippen molar-refractivity contribution in [3.63, 3.8) is 0 Å². The summed E-state index contributed by atoms with van der Waals surface area (Å²) < 4.78 is 8.94. The predicted octanol–water partition coefficient (Wildman–Crippen LogP) is 2.69. The highest BCUT2D eigenvalue weighted by Crippen LogP contribution is 2.25. The van der Waals surface area contributed by atoms with Crippen LogP contribution in [0.15, 0.2) is 53.3 Å². The van der Waals surface area contributed by atoms with Gasteiger partial charge < -0.3 is 9.42 Å². The summed E-state index contributed by atoms with van der Waals surface area (Å²) in [7, 11) is 0. The van der Waals surface area contributed by atoms with Crippen molar-refractivity contribution >= 4 is 5.91 Å². The molecule has 10 heteroatoms. The van der Waals surface area contributed by atoms with E-state index in [-0.39, 0.29) is 11.9 Å². The van der Waals surface area contributed by atoms with Gasteiger partial charge in [-0.2, -0.15) is 10.1 Å². The third-order valence-corrected chi connectivity index (χ3v) is 5.55. The van der Waals surface area contributed by atoms with Crippen LogP contribution in [0.5, 0.6) is 0 Å². The topological polar surface area (TPSA) is 108 Å². The minimum Gasteiger partial charge on any atom is -0.337 e. The molecule has 3 aromatic heterocycles. The molecule has 31 heavy (non-hydrogen) atoms. The molecular formula is C21H22N8O2. The molecule has 0 N–H and O–H groups in total. The monoisotopic (exact) mass is 418 g/mol. The summed E-state index contributed by atoms with van der Waals surface area (Å²) in [5, 5.41) is 16.7. The standard InChI is InChI=1S/C21H22N8O2/c1-2-28-18(8-11-22-28)21(30)27-12-9-16(10-13-27)29-14-17(24-26-29)20-23-19(25-31-20)15-6-4-3-5-7-15/h3-8,11,14,16H,2,9-10,12-13H2,1H3. The zero-order chi connectivity index (χ0) is 21.2. The molecule has 0 bridgehead atoms. The number of amides is 1. The second-order valence-corrected chi connectivity index (χ2v) is 7.43. The third kappa shape index (κ3) is 3.72. The lowest BCUT2D eigenvalue weighted by Gasteiger charge is -2.31. The Hall–Kier alpha value is -3.82. The molecule has 0 spiro atoms. The summed E-state index contributed by atoms with van der Waals surface area (Å²) in [6, 6.07) is 11.6. The minimum absolute atomic E-state index is 0.0244. The lowest BCUT2D eigenvalue weighted by atomic mass is 10.0. The van der Waals surface area contributed by atoms with E-state index in [0.717, 1.165) is 18.4 Å². The van der Waals surface area contributed by atoms with Crippen LogP contribution in [0.4, 0.5) is 0 Å². The highest BCUT2D eigenvalue weighted by Gasteiger charge is 2.27. The van der Waals surface area contributed by atoms with Crippen LogP contribution in [0, 0.1) is 0 Å². The van der Waals surface area contributed by atoms with Crippen LogP contribution in [0.1, 0.15) is 36.3 Å². The SMILES string of the molecule is CCn1nccc1C(=O)N1CCC(n2cc(-c3nc(-c4ccccc4)no3)nn2)CC1. The molecule has 4 aromatic rings. The van der Waals surface area contributed by atoms with Gasteiger partial charge in [0, 0.05) is 31.4 Å². The number of hydrogen-bond donors (Lipinski definition) is 0. The van der Waals surface area contributed by atoms with Crippen LogP contribution in [0.2, 0.25) is 0 Å². The van der Waals surface area contributed by atoms with Gasteiger partial charge in [0.15, 0.2) is 5.69 Å². The molecule has 0 radical (unpaired) electrons. The second-order valence-electron chi connectivity index (χ2n) is 7.43.